The fourth-order valence-electron chi connectivity index (χ4n) is 2.47. The molecule has 116 valence electrons. The van der Waals surface area contributed by atoms with Crippen molar-refractivity contribution in [3.05, 3.63) is 36.0 Å². The topological polar surface area (TPSA) is 35.4 Å². The summed E-state index contributed by atoms with van der Waals surface area (Å²) < 4.78 is 13.0. The van der Waals surface area contributed by atoms with E-state index >= 15 is 0 Å². The molecule has 1 N–H and O–H groups in total. The Morgan fingerprint density at radius 3 is 2.81 bits per heavy atom. The van der Waals surface area contributed by atoms with Crippen molar-refractivity contribution in [2.24, 2.45) is 0 Å². The first-order valence-corrected chi connectivity index (χ1v) is 7.71. The molecule has 0 saturated carbocycles. The van der Waals surface area contributed by atoms with Gasteiger partial charge >= 0.3 is 0 Å². The van der Waals surface area contributed by atoms with Gasteiger partial charge in [-0.2, -0.15) is 0 Å². The van der Waals surface area contributed by atoms with Gasteiger partial charge in [-0.3, -0.25) is 0 Å². The maximum Gasteiger partial charge on any atom is 0.0701 e. The van der Waals surface area contributed by atoms with Crippen LogP contribution in [0.1, 0.15) is 19.0 Å². The Kier molecular flexibility index (Phi) is 6.73. The van der Waals surface area contributed by atoms with Crippen molar-refractivity contribution < 1.29 is 9.47 Å². The predicted molar refractivity (Wildman–Crippen MR) is 86.6 cm³/mol. The minimum absolute atomic E-state index is 0.650. The molecule has 1 heterocycles. The molecule has 0 aliphatic carbocycles. The summed E-state index contributed by atoms with van der Waals surface area (Å²) in [5.41, 5.74) is 2.60. The van der Waals surface area contributed by atoms with Crippen LogP contribution in [0.25, 0.3) is 10.9 Å². The lowest BCUT2D eigenvalue weighted by Crippen LogP contribution is -2.18. The third kappa shape index (κ3) is 4.56. The van der Waals surface area contributed by atoms with Gasteiger partial charge in [-0.05, 0) is 30.5 Å². The van der Waals surface area contributed by atoms with Crippen molar-refractivity contribution in [1.29, 1.82) is 0 Å². The molecule has 0 radical (unpaired) electrons. The molecular formula is C17H26N2O2. The normalized spacial score (nSPS) is 11.3. The van der Waals surface area contributed by atoms with Crippen LogP contribution in [0, 0.1) is 0 Å². The molecule has 0 amide bonds. The lowest BCUT2D eigenvalue weighted by atomic mass is 10.2. The molecular weight excluding hydrogens is 264 g/mol. The molecule has 4 nitrogen and oxygen atoms in total. The van der Waals surface area contributed by atoms with E-state index in [-0.39, 0.29) is 0 Å². The first kappa shape index (κ1) is 16.0. The van der Waals surface area contributed by atoms with E-state index in [2.05, 4.69) is 47.1 Å². The highest BCUT2D eigenvalue weighted by atomic mass is 16.5. The largest absolute Gasteiger partial charge is 0.382 e. The van der Waals surface area contributed by atoms with E-state index in [1.165, 1.54) is 16.6 Å². The Morgan fingerprint density at radius 1 is 1.14 bits per heavy atom. The summed E-state index contributed by atoms with van der Waals surface area (Å²) in [6, 6.07) is 10.8. The summed E-state index contributed by atoms with van der Waals surface area (Å²) in [5, 5.41) is 4.78. The summed E-state index contributed by atoms with van der Waals surface area (Å²) >= 11 is 0. The Hall–Kier alpha value is -1.36. The molecule has 0 spiro atoms. The minimum Gasteiger partial charge on any atom is -0.382 e. The van der Waals surface area contributed by atoms with Crippen molar-refractivity contribution in [2.75, 3.05) is 33.5 Å². The number of hydrogen-bond acceptors (Lipinski definition) is 3. The third-order valence-electron chi connectivity index (χ3n) is 3.52. The summed E-state index contributed by atoms with van der Waals surface area (Å²) in [6.45, 7) is 7.03. The van der Waals surface area contributed by atoms with E-state index in [1.54, 1.807) is 7.11 Å². The van der Waals surface area contributed by atoms with Gasteiger partial charge in [0.25, 0.3) is 0 Å². The molecule has 0 aliphatic rings. The van der Waals surface area contributed by atoms with E-state index in [0.717, 1.165) is 26.1 Å². The average molecular weight is 290 g/mol. The van der Waals surface area contributed by atoms with Gasteiger partial charge in [0.2, 0.25) is 0 Å². The monoisotopic (exact) mass is 290 g/mol. The summed E-state index contributed by atoms with van der Waals surface area (Å²) in [6.07, 6.45) is 1.15. The van der Waals surface area contributed by atoms with Crippen molar-refractivity contribution >= 4 is 10.9 Å². The van der Waals surface area contributed by atoms with Crippen LogP contribution in [0.4, 0.5) is 0 Å². The number of nitrogens with zero attached hydrogens (tertiary/aromatic N) is 1. The molecule has 2 rings (SSSR count). The van der Waals surface area contributed by atoms with Crippen LogP contribution in [-0.2, 0) is 22.6 Å². The van der Waals surface area contributed by atoms with E-state index in [4.69, 9.17) is 9.47 Å². The van der Waals surface area contributed by atoms with Gasteiger partial charge in [0.15, 0.2) is 0 Å². The van der Waals surface area contributed by atoms with Crippen LogP contribution in [0.5, 0.6) is 0 Å². The van der Waals surface area contributed by atoms with Crippen LogP contribution in [0.15, 0.2) is 30.3 Å². The number of ether oxygens (including phenoxy) is 2. The minimum atomic E-state index is 0.650. The molecule has 2 aromatic rings. The van der Waals surface area contributed by atoms with E-state index < -0.39 is 0 Å². The van der Waals surface area contributed by atoms with Gasteiger partial charge in [0.1, 0.15) is 0 Å². The average Bonchev–Trinajstić information content (AvgIpc) is 2.85. The Balaban J connectivity index is 2.04. The molecule has 0 atom stereocenters. The molecule has 0 fully saturated rings. The third-order valence-corrected chi connectivity index (χ3v) is 3.52. The number of nitrogens with one attached hydrogen (secondary N) is 1. The van der Waals surface area contributed by atoms with Crippen LogP contribution in [0.2, 0.25) is 0 Å². The lowest BCUT2D eigenvalue weighted by Gasteiger charge is -2.12. The second-order valence-electron chi connectivity index (χ2n) is 5.13. The number of aromatic nitrogens is 1. The Morgan fingerprint density at radius 2 is 2.00 bits per heavy atom. The van der Waals surface area contributed by atoms with E-state index in [1.807, 2.05) is 0 Å². The fourth-order valence-corrected chi connectivity index (χ4v) is 2.47. The van der Waals surface area contributed by atoms with Gasteiger partial charge in [-0.25, -0.2) is 0 Å². The van der Waals surface area contributed by atoms with Crippen LogP contribution in [0.3, 0.4) is 0 Å². The zero-order valence-corrected chi connectivity index (χ0v) is 13.1. The maximum absolute atomic E-state index is 5.61. The van der Waals surface area contributed by atoms with Crippen molar-refractivity contribution in [3.8, 4) is 0 Å². The van der Waals surface area contributed by atoms with Crippen molar-refractivity contribution in [2.45, 2.75) is 26.4 Å². The van der Waals surface area contributed by atoms with Gasteiger partial charge in [0.05, 0.1) is 19.8 Å². The first-order valence-electron chi connectivity index (χ1n) is 7.71. The van der Waals surface area contributed by atoms with Crippen molar-refractivity contribution in [3.63, 3.8) is 0 Å². The molecule has 0 aliphatic heterocycles. The highest BCUT2D eigenvalue weighted by molar-refractivity contribution is 5.81. The highest BCUT2D eigenvalue weighted by Gasteiger charge is 2.07. The predicted octanol–water partition coefficient (Wildman–Crippen LogP) is 2.80. The number of rotatable bonds is 10. The molecule has 1 aromatic carbocycles. The quantitative estimate of drug-likeness (QED) is 0.683. The van der Waals surface area contributed by atoms with Gasteiger partial charge < -0.3 is 19.4 Å². The number of benzene rings is 1. The first-order chi connectivity index (χ1) is 10.4. The molecule has 21 heavy (non-hydrogen) atoms. The fraction of sp³-hybridized carbons (Fsp3) is 0.529. The zero-order valence-electron chi connectivity index (χ0n) is 13.1. The van der Waals surface area contributed by atoms with E-state index in [0.29, 0.717) is 19.8 Å². The number of para-hydroxylation sites is 1. The maximum atomic E-state index is 5.61. The number of methoxy groups -OCH3 is 1. The van der Waals surface area contributed by atoms with Crippen LogP contribution in [-0.4, -0.2) is 38.0 Å². The summed E-state index contributed by atoms with van der Waals surface area (Å²) in [4.78, 5) is 0. The second kappa shape index (κ2) is 8.82. The number of hydrogen-bond donors (Lipinski definition) is 1. The molecule has 0 saturated heterocycles. The Bertz CT molecular complexity index is 537. The van der Waals surface area contributed by atoms with Crippen LogP contribution >= 0.6 is 0 Å². The lowest BCUT2D eigenvalue weighted by molar-refractivity contribution is 0.0667. The smallest absolute Gasteiger partial charge is 0.0701 e. The second-order valence-corrected chi connectivity index (χ2v) is 5.13. The molecule has 0 bridgehead atoms. The molecule has 0 unspecified atom stereocenters. The number of fused-ring (bicyclic) bond motifs is 1. The van der Waals surface area contributed by atoms with Crippen LogP contribution < -0.4 is 5.32 Å². The summed E-state index contributed by atoms with van der Waals surface area (Å²) in [5.74, 6) is 0. The summed E-state index contributed by atoms with van der Waals surface area (Å²) in [7, 11) is 1.69. The molecule has 1 aromatic heterocycles. The van der Waals surface area contributed by atoms with Gasteiger partial charge in [-0.1, -0.05) is 25.1 Å². The van der Waals surface area contributed by atoms with Gasteiger partial charge in [-0.15, -0.1) is 0 Å². The Labute approximate surface area is 127 Å². The molecule has 4 heteroatoms. The van der Waals surface area contributed by atoms with Gasteiger partial charge in [0, 0.05) is 31.4 Å². The zero-order chi connectivity index (χ0) is 14.9. The SMILES string of the molecule is CCCNCc1cc2ccccc2n1CCOCCOC. The standard InChI is InChI=1S/C17H26N2O2/c1-3-8-18-14-16-13-15-6-4-5-7-17(15)19(16)9-10-21-12-11-20-2/h4-7,13,18H,3,8-12,14H2,1-2H3. The van der Waals surface area contributed by atoms with Crippen molar-refractivity contribution in [1.82, 2.24) is 9.88 Å². The highest BCUT2D eigenvalue weighted by Crippen LogP contribution is 2.19. The van der Waals surface area contributed by atoms with E-state index in [9.17, 15) is 0 Å².